The lowest BCUT2D eigenvalue weighted by Gasteiger charge is -2.31. The van der Waals surface area contributed by atoms with Crippen LogP contribution >= 0.6 is 11.6 Å². The van der Waals surface area contributed by atoms with Gasteiger partial charge >= 0.3 is 0 Å². The predicted octanol–water partition coefficient (Wildman–Crippen LogP) is 4.24. The van der Waals surface area contributed by atoms with Crippen LogP contribution in [0.15, 0.2) is 36.7 Å². The fraction of sp³-hybridized carbons (Fsp3) is 0.474. The van der Waals surface area contributed by atoms with Crippen molar-refractivity contribution in [2.24, 2.45) is 5.92 Å². The first-order chi connectivity index (χ1) is 11.6. The van der Waals surface area contributed by atoms with Gasteiger partial charge in [0.2, 0.25) is 5.91 Å². The van der Waals surface area contributed by atoms with E-state index in [0.717, 1.165) is 48.6 Å². The van der Waals surface area contributed by atoms with E-state index < -0.39 is 0 Å². The Hall–Kier alpha value is -1.81. The average molecular weight is 346 g/mol. The average Bonchev–Trinajstić information content (AvgIpc) is 3.04. The van der Waals surface area contributed by atoms with E-state index in [2.05, 4.69) is 12.0 Å². The first-order valence-corrected chi connectivity index (χ1v) is 9.06. The van der Waals surface area contributed by atoms with Crippen molar-refractivity contribution in [2.75, 3.05) is 13.1 Å². The topological polar surface area (TPSA) is 38.1 Å². The number of carbonyl (C=O) groups is 1. The van der Waals surface area contributed by atoms with E-state index in [0.29, 0.717) is 12.3 Å². The van der Waals surface area contributed by atoms with Crippen LogP contribution < -0.4 is 0 Å². The summed E-state index contributed by atoms with van der Waals surface area (Å²) >= 11 is 5.92. The molecular weight excluding hydrogens is 322 g/mol. The number of aryl methyl sites for hydroxylation is 1. The van der Waals surface area contributed by atoms with Crippen LogP contribution in [0.1, 0.15) is 32.6 Å². The summed E-state index contributed by atoms with van der Waals surface area (Å²) < 4.78 is 1.91. The van der Waals surface area contributed by atoms with Crippen molar-refractivity contribution in [3.63, 3.8) is 0 Å². The molecule has 5 heteroatoms. The number of benzene rings is 1. The molecule has 1 aliphatic heterocycles. The number of likely N-dealkylation sites (tertiary alicyclic amines) is 1. The summed E-state index contributed by atoms with van der Waals surface area (Å²) in [6, 6.07) is 7.74. The van der Waals surface area contributed by atoms with Gasteiger partial charge < -0.3 is 4.90 Å². The smallest absolute Gasteiger partial charge is 0.222 e. The number of hydrogen-bond acceptors (Lipinski definition) is 2. The molecule has 0 spiro atoms. The summed E-state index contributed by atoms with van der Waals surface area (Å²) in [5.74, 6) is 0.919. The quantitative estimate of drug-likeness (QED) is 0.812. The highest BCUT2D eigenvalue weighted by Gasteiger charge is 2.20. The van der Waals surface area contributed by atoms with Crippen molar-refractivity contribution >= 4 is 17.5 Å². The Morgan fingerprint density at radius 1 is 1.29 bits per heavy atom. The number of carbonyl (C=O) groups excluding carboxylic acids is 1. The molecule has 1 aromatic heterocycles. The fourth-order valence-electron chi connectivity index (χ4n) is 3.24. The molecule has 1 aromatic carbocycles. The highest BCUT2D eigenvalue weighted by atomic mass is 35.5. The van der Waals surface area contributed by atoms with E-state index in [-0.39, 0.29) is 5.91 Å². The highest BCUT2D eigenvalue weighted by Crippen LogP contribution is 2.21. The van der Waals surface area contributed by atoms with Crippen LogP contribution in [-0.4, -0.2) is 33.7 Å². The van der Waals surface area contributed by atoms with Gasteiger partial charge in [0.1, 0.15) is 0 Å². The van der Waals surface area contributed by atoms with Gasteiger partial charge in [0.05, 0.1) is 6.20 Å². The number of piperidine rings is 1. The van der Waals surface area contributed by atoms with Crippen LogP contribution in [0.3, 0.4) is 0 Å². The number of rotatable bonds is 5. The molecule has 0 radical (unpaired) electrons. The summed E-state index contributed by atoms with van der Waals surface area (Å²) in [5.41, 5.74) is 2.17. The molecule has 0 bridgehead atoms. The third-order valence-electron chi connectivity index (χ3n) is 4.60. The molecule has 1 saturated heterocycles. The van der Waals surface area contributed by atoms with Crippen LogP contribution in [0.5, 0.6) is 0 Å². The number of halogens is 1. The van der Waals surface area contributed by atoms with Crippen LogP contribution in [-0.2, 0) is 11.3 Å². The van der Waals surface area contributed by atoms with Crippen molar-refractivity contribution in [1.29, 1.82) is 0 Å². The Morgan fingerprint density at radius 3 is 2.83 bits per heavy atom. The summed E-state index contributed by atoms with van der Waals surface area (Å²) in [6.45, 7) is 4.83. The van der Waals surface area contributed by atoms with Gasteiger partial charge in [0.25, 0.3) is 0 Å². The normalized spacial score (nSPS) is 17.9. The lowest BCUT2D eigenvalue weighted by atomic mass is 10.00. The van der Waals surface area contributed by atoms with E-state index in [1.807, 2.05) is 46.2 Å². The molecule has 128 valence electrons. The molecule has 2 heterocycles. The van der Waals surface area contributed by atoms with Crippen LogP contribution in [0.25, 0.3) is 11.1 Å². The van der Waals surface area contributed by atoms with Gasteiger partial charge in [0, 0.05) is 42.8 Å². The largest absolute Gasteiger partial charge is 0.342 e. The molecule has 0 aliphatic carbocycles. The third-order valence-corrected chi connectivity index (χ3v) is 4.85. The van der Waals surface area contributed by atoms with Gasteiger partial charge in [-0.15, -0.1) is 0 Å². The molecular formula is C19H24ClN3O. The van der Waals surface area contributed by atoms with Gasteiger partial charge in [-0.25, -0.2) is 0 Å². The molecule has 1 atom stereocenters. The second-order valence-electron chi connectivity index (χ2n) is 6.69. The van der Waals surface area contributed by atoms with Gasteiger partial charge in [-0.3, -0.25) is 9.48 Å². The van der Waals surface area contributed by atoms with Gasteiger partial charge in [-0.2, -0.15) is 5.10 Å². The lowest BCUT2D eigenvalue weighted by Crippen LogP contribution is -2.39. The Bertz CT molecular complexity index is 680. The maximum Gasteiger partial charge on any atom is 0.222 e. The number of nitrogens with zero attached hydrogens (tertiary/aromatic N) is 3. The zero-order valence-electron chi connectivity index (χ0n) is 14.1. The molecule has 2 aromatic rings. The van der Waals surface area contributed by atoms with Crippen molar-refractivity contribution in [2.45, 2.75) is 39.2 Å². The first-order valence-electron chi connectivity index (χ1n) is 8.68. The van der Waals surface area contributed by atoms with Crippen molar-refractivity contribution < 1.29 is 4.79 Å². The van der Waals surface area contributed by atoms with E-state index in [9.17, 15) is 4.79 Å². The molecule has 1 aliphatic rings. The summed E-state index contributed by atoms with van der Waals surface area (Å²) in [4.78, 5) is 14.3. The standard InChI is InChI=1S/C19H24ClN3O/c1-15-4-2-10-22(13-15)19(24)5-3-11-23-14-17(12-21-23)16-6-8-18(20)9-7-16/h6-9,12,14-15H,2-5,10-11,13H2,1H3/t15-/m0/s1. The lowest BCUT2D eigenvalue weighted by molar-refractivity contribution is -0.133. The van der Waals surface area contributed by atoms with Crippen LogP contribution in [0, 0.1) is 5.92 Å². The highest BCUT2D eigenvalue weighted by molar-refractivity contribution is 6.30. The maximum atomic E-state index is 12.3. The second kappa shape index (κ2) is 7.84. The van der Waals surface area contributed by atoms with Gasteiger partial charge in [-0.1, -0.05) is 30.7 Å². The third kappa shape index (κ3) is 4.38. The Labute approximate surface area is 148 Å². The zero-order chi connectivity index (χ0) is 16.9. The van der Waals surface area contributed by atoms with Crippen molar-refractivity contribution in [3.8, 4) is 11.1 Å². The summed E-state index contributed by atoms with van der Waals surface area (Å²) in [6.07, 6.45) is 7.68. The minimum Gasteiger partial charge on any atom is -0.342 e. The Balaban J connectivity index is 1.49. The van der Waals surface area contributed by atoms with Crippen molar-refractivity contribution in [3.05, 3.63) is 41.7 Å². The fourth-order valence-corrected chi connectivity index (χ4v) is 3.37. The summed E-state index contributed by atoms with van der Waals surface area (Å²) in [7, 11) is 0. The molecule has 24 heavy (non-hydrogen) atoms. The van der Waals surface area contributed by atoms with Crippen LogP contribution in [0.2, 0.25) is 5.02 Å². The summed E-state index contributed by atoms with van der Waals surface area (Å²) in [5, 5.41) is 5.13. The number of amides is 1. The van der Waals surface area contributed by atoms with E-state index in [1.54, 1.807) is 0 Å². The van der Waals surface area contributed by atoms with Gasteiger partial charge in [0.15, 0.2) is 0 Å². The van der Waals surface area contributed by atoms with E-state index in [1.165, 1.54) is 6.42 Å². The van der Waals surface area contributed by atoms with E-state index >= 15 is 0 Å². The number of aromatic nitrogens is 2. The molecule has 0 N–H and O–H groups in total. The zero-order valence-corrected chi connectivity index (χ0v) is 14.9. The SMILES string of the molecule is C[C@H]1CCCN(C(=O)CCCn2cc(-c3ccc(Cl)cc3)cn2)C1. The Kier molecular flexibility index (Phi) is 5.56. The number of hydrogen-bond donors (Lipinski definition) is 0. The molecule has 0 saturated carbocycles. The second-order valence-corrected chi connectivity index (χ2v) is 7.13. The molecule has 1 fully saturated rings. The predicted molar refractivity (Wildman–Crippen MR) is 96.9 cm³/mol. The minimum atomic E-state index is 0.284. The molecule has 1 amide bonds. The monoisotopic (exact) mass is 345 g/mol. The van der Waals surface area contributed by atoms with Gasteiger partial charge in [-0.05, 0) is 42.9 Å². The first kappa shape index (κ1) is 17.0. The minimum absolute atomic E-state index is 0.284. The molecule has 0 unspecified atom stereocenters. The maximum absolute atomic E-state index is 12.3. The van der Waals surface area contributed by atoms with Crippen LogP contribution in [0.4, 0.5) is 0 Å². The van der Waals surface area contributed by atoms with E-state index in [4.69, 9.17) is 11.6 Å². The molecule has 4 nitrogen and oxygen atoms in total. The van der Waals surface area contributed by atoms with Crippen molar-refractivity contribution in [1.82, 2.24) is 14.7 Å². The molecule has 3 rings (SSSR count). The Morgan fingerprint density at radius 2 is 2.08 bits per heavy atom.